The van der Waals surface area contributed by atoms with E-state index in [0.717, 1.165) is 12.2 Å². The minimum Gasteiger partial charge on any atom is -0.490 e. The maximum absolute atomic E-state index is 12.4. The van der Waals surface area contributed by atoms with E-state index in [9.17, 15) is 19.2 Å². The number of hydrogen-bond acceptors (Lipinski definition) is 10. The second kappa shape index (κ2) is 17.8. The second-order valence-corrected chi connectivity index (χ2v) is 7.99. The van der Waals surface area contributed by atoms with Gasteiger partial charge in [-0.05, 0) is 30.7 Å². The van der Waals surface area contributed by atoms with Crippen molar-refractivity contribution >= 4 is 23.9 Å². The molecule has 2 aromatic rings. The van der Waals surface area contributed by atoms with Crippen LogP contribution >= 0.6 is 0 Å². The first-order valence-corrected chi connectivity index (χ1v) is 12.2. The highest BCUT2D eigenvalue weighted by Crippen LogP contribution is 2.12. The molecule has 0 amide bonds. The summed E-state index contributed by atoms with van der Waals surface area (Å²) in [5, 5.41) is 0. The van der Waals surface area contributed by atoms with Crippen LogP contribution in [0, 0.1) is 0 Å². The molecule has 10 nitrogen and oxygen atoms in total. The number of carbonyl (C=O) groups is 4. The average molecular weight is 541 g/mol. The van der Waals surface area contributed by atoms with Crippen LogP contribution in [0.15, 0.2) is 86.0 Å². The van der Waals surface area contributed by atoms with Crippen molar-refractivity contribution in [3.63, 3.8) is 0 Å². The molecule has 0 radical (unpaired) electrons. The molecular formula is C29H32O10. The molecular weight excluding hydrogens is 508 g/mol. The zero-order valence-electron chi connectivity index (χ0n) is 21.5. The number of esters is 4. The first-order chi connectivity index (χ1) is 18.9. The van der Waals surface area contributed by atoms with Gasteiger partial charge in [-0.25, -0.2) is 9.59 Å². The van der Waals surface area contributed by atoms with Crippen LogP contribution < -0.4 is 9.47 Å². The molecule has 2 unspecified atom stereocenters. The SMILES string of the molecule is C=CC(=O)OCC(COc1ccccc1)OC(=O)CCCC(=O)OC(COC(=O)C=C)COc1ccccc1. The highest BCUT2D eigenvalue weighted by molar-refractivity contribution is 5.81. The topological polar surface area (TPSA) is 124 Å². The Morgan fingerprint density at radius 2 is 1.00 bits per heavy atom. The summed E-state index contributed by atoms with van der Waals surface area (Å²) in [6.45, 7) is 6.11. The van der Waals surface area contributed by atoms with Gasteiger partial charge >= 0.3 is 23.9 Å². The largest absolute Gasteiger partial charge is 0.490 e. The number of hydrogen-bond donors (Lipinski definition) is 0. The molecule has 39 heavy (non-hydrogen) atoms. The van der Waals surface area contributed by atoms with Crippen molar-refractivity contribution in [2.75, 3.05) is 26.4 Å². The Hall–Kier alpha value is -4.60. The van der Waals surface area contributed by atoms with Crippen LogP contribution in [0.4, 0.5) is 0 Å². The van der Waals surface area contributed by atoms with Crippen LogP contribution in [-0.2, 0) is 38.1 Å². The summed E-state index contributed by atoms with van der Waals surface area (Å²) >= 11 is 0. The summed E-state index contributed by atoms with van der Waals surface area (Å²) < 4.78 is 31.9. The summed E-state index contributed by atoms with van der Waals surface area (Å²) in [5.74, 6) is -1.43. The number of para-hydroxylation sites is 2. The molecule has 0 spiro atoms. The van der Waals surface area contributed by atoms with E-state index in [0.29, 0.717) is 11.5 Å². The quantitative estimate of drug-likeness (QED) is 0.157. The van der Waals surface area contributed by atoms with E-state index in [-0.39, 0.29) is 45.7 Å². The Bertz CT molecular complexity index is 982. The lowest BCUT2D eigenvalue weighted by Crippen LogP contribution is -2.31. The van der Waals surface area contributed by atoms with Crippen LogP contribution in [0.3, 0.4) is 0 Å². The third-order valence-electron chi connectivity index (χ3n) is 4.87. The third-order valence-corrected chi connectivity index (χ3v) is 4.87. The lowest BCUT2D eigenvalue weighted by molar-refractivity contribution is -0.160. The number of benzene rings is 2. The van der Waals surface area contributed by atoms with Crippen molar-refractivity contribution in [3.05, 3.63) is 86.0 Å². The first kappa shape index (κ1) is 30.6. The lowest BCUT2D eigenvalue weighted by atomic mass is 10.2. The molecule has 0 aliphatic heterocycles. The highest BCUT2D eigenvalue weighted by Gasteiger charge is 2.20. The van der Waals surface area contributed by atoms with Gasteiger partial charge in [0.25, 0.3) is 0 Å². The number of carbonyl (C=O) groups excluding carboxylic acids is 4. The molecule has 0 N–H and O–H groups in total. The maximum Gasteiger partial charge on any atom is 0.330 e. The Morgan fingerprint density at radius 1 is 0.615 bits per heavy atom. The Balaban J connectivity index is 1.81. The molecule has 0 heterocycles. The summed E-state index contributed by atoms with van der Waals surface area (Å²) in [5.41, 5.74) is 0. The monoisotopic (exact) mass is 540 g/mol. The van der Waals surface area contributed by atoms with Crippen molar-refractivity contribution in [1.29, 1.82) is 0 Å². The molecule has 208 valence electrons. The van der Waals surface area contributed by atoms with Crippen molar-refractivity contribution in [2.24, 2.45) is 0 Å². The predicted octanol–water partition coefficient (Wildman–Crippen LogP) is 3.60. The average Bonchev–Trinajstić information content (AvgIpc) is 2.96. The van der Waals surface area contributed by atoms with Gasteiger partial charge in [0, 0.05) is 25.0 Å². The van der Waals surface area contributed by atoms with Gasteiger partial charge in [-0.3, -0.25) is 9.59 Å². The predicted molar refractivity (Wildman–Crippen MR) is 140 cm³/mol. The molecule has 0 saturated heterocycles. The summed E-state index contributed by atoms with van der Waals surface area (Å²) in [6, 6.07) is 17.7. The van der Waals surface area contributed by atoms with Crippen LogP contribution in [-0.4, -0.2) is 62.5 Å². The van der Waals surface area contributed by atoms with Crippen LogP contribution in [0.25, 0.3) is 0 Å². The zero-order valence-corrected chi connectivity index (χ0v) is 21.5. The first-order valence-electron chi connectivity index (χ1n) is 12.2. The van der Waals surface area contributed by atoms with Gasteiger partial charge in [0.05, 0.1) is 0 Å². The van der Waals surface area contributed by atoms with Gasteiger partial charge in [0.2, 0.25) is 0 Å². The van der Waals surface area contributed by atoms with Crippen molar-refractivity contribution in [1.82, 2.24) is 0 Å². The van der Waals surface area contributed by atoms with Gasteiger partial charge in [0.1, 0.15) is 37.9 Å². The summed E-state index contributed by atoms with van der Waals surface area (Å²) in [7, 11) is 0. The molecule has 0 saturated carbocycles. The molecule has 0 aromatic heterocycles. The fourth-order valence-corrected chi connectivity index (χ4v) is 2.98. The standard InChI is InChI=1S/C29H32O10/c1-3-26(30)36-20-24(18-34-22-12-7-5-8-13-22)38-28(32)16-11-17-29(33)39-25(21-37-27(31)4-2)19-35-23-14-9-6-10-15-23/h3-10,12-15,24-25H,1-2,11,16-21H2. The van der Waals surface area contributed by atoms with E-state index in [1.165, 1.54) is 0 Å². The Labute approximate surface area is 227 Å². The molecule has 10 heteroatoms. The normalized spacial score (nSPS) is 11.7. The van der Waals surface area contributed by atoms with E-state index in [1.807, 2.05) is 12.1 Å². The minimum absolute atomic E-state index is 0.0469. The molecule has 2 aromatic carbocycles. The van der Waals surface area contributed by atoms with Crippen molar-refractivity contribution in [2.45, 2.75) is 31.5 Å². The van der Waals surface area contributed by atoms with Crippen molar-refractivity contribution in [3.8, 4) is 11.5 Å². The second-order valence-electron chi connectivity index (χ2n) is 7.99. The van der Waals surface area contributed by atoms with E-state index in [2.05, 4.69) is 13.2 Å². The Morgan fingerprint density at radius 3 is 1.36 bits per heavy atom. The molecule has 0 aliphatic carbocycles. The maximum atomic E-state index is 12.4. The van der Waals surface area contributed by atoms with Gasteiger partial charge in [0.15, 0.2) is 12.2 Å². The zero-order chi connectivity index (χ0) is 28.3. The van der Waals surface area contributed by atoms with Crippen LogP contribution in [0.1, 0.15) is 19.3 Å². The van der Waals surface area contributed by atoms with E-state index >= 15 is 0 Å². The smallest absolute Gasteiger partial charge is 0.330 e. The molecule has 2 rings (SSSR count). The van der Waals surface area contributed by atoms with Gasteiger partial charge in [-0.2, -0.15) is 0 Å². The minimum atomic E-state index is -0.868. The fourth-order valence-electron chi connectivity index (χ4n) is 2.98. The van der Waals surface area contributed by atoms with E-state index in [1.54, 1.807) is 48.5 Å². The van der Waals surface area contributed by atoms with E-state index in [4.69, 9.17) is 28.4 Å². The summed E-state index contributed by atoms with van der Waals surface area (Å²) in [4.78, 5) is 47.6. The van der Waals surface area contributed by atoms with Crippen molar-refractivity contribution < 1.29 is 47.6 Å². The third kappa shape index (κ3) is 13.5. The van der Waals surface area contributed by atoms with E-state index < -0.39 is 36.1 Å². The molecule has 0 fully saturated rings. The molecule has 2 atom stereocenters. The molecule has 0 aliphatic rings. The Kier molecular flexibility index (Phi) is 14.0. The van der Waals surface area contributed by atoms with Crippen LogP contribution in [0.2, 0.25) is 0 Å². The van der Waals surface area contributed by atoms with Gasteiger partial charge in [-0.15, -0.1) is 0 Å². The number of ether oxygens (including phenoxy) is 6. The summed E-state index contributed by atoms with van der Waals surface area (Å²) in [6.07, 6.45) is 0.208. The number of rotatable bonds is 18. The highest BCUT2D eigenvalue weighted by atomic mass is 16.6. The fraction of sp³-hybridized carbons (Fsp3) is 0.310. The lowest BCUT2D eigenvalue weighted by Gasteiger charge is -2.19. The van der Waals surface area contributed by atoms with Gasteiger partial charge in [-0.1, -0.05) is 49.6 Å². The molecule has 0 bridgehead atoms. The van der Waals surface area contributed by atoms with Gasteiger partial charge < -0.3 is 28.4 Å². The van der Waals surface area contributed by atoms with Crippen LogP contribution in [0.5, 0.6) is 11.5 Å².